The summed E-state index contributed by atoms with van der Waals surface area (Å²) < 4.78 is 1.81. The molecule has 18 heavy (non-hydrogen) atoms. The van der Waals surface area contributed by atoms with E-state index in [1.807, 2.05) is 11.1 Å². The van der Waals surface area contributed by atoms with E-state index in [1.165, 1.54) is 12.8 Å². The molecule has 1 saturated carbocycles. The van der Waals surface area contributed by atoms with Gasteiger partial charge in [-0.05, 0) is 25.7 Å². The zero-order valence-electron chi connectivity index (χ0n) is 10.5. The third-order valence-electron chi connectivity index (χ3n) is 3.60. The number of nitrogens with zero attached hydrogens (tertiary/aromatic N) is 4. The minimum atomic E-state index is 0.0730. The molecule has 1 aromatic heterocycles. The minimum Gasteiger partial charge on any atom is -0.341 e. The number of likely N-dealkylation sites (tertiary alicyclic amines) is 1. The Morgan fingerprint density at radius 3 is 2.94 bits per heavy atom. The molecule has 0 aromatic carbocycles. The van der Waals surface area contributed by atoms with Crippen LogP contribution in [-0.2, 0) is 11.3 Å². The molecule has 1 aliphatic heterocycles. The van der Waals surface area contributed by atoms with Crippen molar-refractivity contribution in [2.24, 2.45) is 0 Å². The third-order valence-corrected chi connectivity index (χ3v) is 3.60. The monoisotopic (exact) mass is 249 g/mol. The molecule has 1 N–H and O–H groups in total. The lowest BCUT2D eigenvalue weighted by molar-refractivity contribution is -0.129. The average Bonchev–Trinajstić information content (AvgIpc) is 2.91. The van der Waals surface area contributed by atoms with E-state index in [2.05, 4.69) is 15.6 Å². The Bertz CT molecular complexity index is 401. The smallest absolute Gasteiger partial charge is 0.239 e. The molecule has 1 atom stereocenters. The van der Waals surface area contributed by atoms with Crippen LogP contribution in [-0.4, -0.2) is 51.0 Å². The van der Waals surface area contributed by atoms with Crippen LogP contribution in [0.5, 0.6) is 0 Å². The summed E-state index contributed by atoms with van der Waals surface area (Å²) in [7, 11) is 0. The van der Waals surface area contributed by atoms with Gasteiger partial charge in [-0.2, -0.15) is 0 Å². The Balaban J connectivity index is 1.41. The molecule has 2 fully saturated rings. The summed E-state index contributed by atoms with van der Waals surface area (Å²) in [5, 5.41) is 11.1. The van der Waals surface area contributed by atoms with Crippen LogP contribution in [0.2, 0.25) is 0 Å². The molecule has 2 heterocycles. The van der Waals surface area contributed by atoms with Crippen molar-refractivity contribution in [3.8, 4) is 0 Å². The molecule has 1 amide bonds. The van der Waals surface area contributed by atoms with E-state index in [-0.39, 0.29) is 11.9 Å². The molecular weight excluding hydrogens is 230 g/mol. The first-order chi connectivity index (χ1) is 8.83. The Morgan fingerprint density at radius 2 is 2.22 bits per heavy atom. The van der Waals surface area contributed by atoms with E-state index < -0.39 is 0 Å². The molecule has 1 aliphatic carbocycles. The Morgan fingerprint density at radius 1 is 1.33 bits per heavy atom. The first-order valence-corrected chi connectivity index (χ1v) is 6.72. The lowest BCUT2D eigenvalue weighted by Crippen LogP contribution is -2.39. The Labute approximate surface area is 106 Å². The van der Waals surface area contributed by atoms with Crippen LogP contribution in [0.1, 0.15) is 25.7 Å². The quantitative estimate of drug-likeness (QED) is 0.772. The number of carbonyl (C=O) groups is 1. The van der Waals surface area contributed by atoms with Gasteiger partial charge in [0, 0.05) is 31.9 Å². The second-order valence-electron chi connectivity index (χ2n) is 5.13. The standard InChI is InChI=1S/C12H19N5O/c18-12-11(14-10-2-3-10)4-8-16(12)6-1-7-17-9-5-13-15-17/h5,9-11,14H,1-4,6-8H2. The number of hydrogen-bond donors (Lipinski definition) is 1. The van der Waals surface area contributed by atoms with Crippen molar-refractivity contribution in [1.82, 2.24) is 25.2 Å². The minimum absolute atomic E-state index is 0.0730. The van der Waals surface area contributed by atoms with Crippen LogP contribution < -0.4 is 5.32 Å². The molecule has 98 valence electrons. The number of amides is 1. The molecule has 0 bridgehead atoms. The summed E-state index contributed by atoms with van der Waals surface area (Å²) in [5.41, 5.74) is 0. The van der Waals surface area contributed by atoms with Gasteiger partial charge in [0.2, 0.25) is 5.91 Å². The predicted octanol–water partition coefficient (Wildman–Crippen LogP) is 0.0211. The van der Waals surface area contributed by atoms with Gasteiger partial charge in [0.15, 0.2) is 0 Å². The fraction of sp³-hybridized carbons (Fsp3) is 0.750. The maximum absolute atomic E-state index is 12.1. The number of aryl methyl sites for hydroxylation is 1. The molecule has 1 unspecified atom stereocenters. The zero-order valence-corrected chi connectivity index (χ0v) is 10.5. The van der Waals surface area contributed by atoms with Gasteiger partial charge in [-0.25, -0.2) is 0 Å². The van der Waals surface area contributed by atoms with Crippen LogP contribution in [0.3, 0.4) is 0 Å². The fourth-order valence-electron chi connectivity index (χ4n) is 2.43. The van der Waals surface area contributed by atoms with Crippen molar-refractivity contribution in [3.05, 3.63) is 12.4 Å². The molecule has 1 saturated heterocycles. The van der Waals surface area contributed by atoms with E-state index in [0.29, 0.717) is 6.04 Å². The third kappa shape index (κ3) is 2.69. The Hall–Kier alpha value is -1.43. The molecule has 1 aromatic rings. The number of aromatic nitrogens is 3. The molecule has 0 spiro atoms. The largest absolute Gasteiger partial charge is 0.341 e. The highest BCUT2D eigenvalue weighted by atomic mass is 16.2. The van der Waals surface area contributed by atoms with Gasteiger partial charge in [0.25, 0.3) is 0 Å². The van der Waals surface area contributed by atoms with E-state index in [9.17, 15) is 4.79 Å². The van der Waals surface area contributed by atoms with Gasteiger partial charge in [-0.3, -0.25) is 9.48 Å². The average molecular weight is 249 g/mol. The first kappa shape index (κ1) is 11.6. The van der Waals surface area contributed by atoms with Crippen LogP contribution >= 0.6 is 0 Å². The Kier molecular flexibility index (Phi) is 3.27. The van der Waals surface area contributed by atoms with Crippen molar-refractivity contribution in [1.29, 1.82) is 0 Å². The van der Waals surface area contributed by atoms with Gasteiger partial charge in [-0.1, -0.05) is 5.21 Å². The normalized spacial score (nSPS) is 23.9. The van der Waals surface area contributed by atoms with Crippen molar-refractivity contribution in [3.63, 3.8) is 0 Å². The summed E-state index contributed by atoms with van der Waals surface area (Å²) in [6, 6.07) is 0.679. The van der Waals surface area contributed by atoms with Crippen LogP contribution in [0.15, 0.2) is 12.4 Å². The first-order valence-electron chi connectivity index (χ1n) is 6.72. The predicted molar refractivity (Wildman–Crippen MR) is 65.8 cm³/mol. The topological polar surface area (TPSA) is 63.1 Å². The van der Waals surface area contributed by atoms with Crippen LogP contribution in [0, 0.1) is 0 Å². The van der Waals surface area contributed by atoms with E-state index in [0.717, 1.165) is 32.5 Å². The molecule has 3 rings (SSSR count). The van der Waals surface area contributed by atoms with E-state index in [1.54, 1.807) is 10.9 Å². The highest BCUT2D eigenvalue weighted by Gasteiger charge is 2.35. The molecule has 0 radical (unpaired) electrons. The summed E-state index contributed by atoms with van der Waals surface area (Å²) >= 11 is 0. The van der Waals surface area contributed by atoms with Gasteiger partial charge >= 0.3 is 0 Å². The number of carbonyl (C=O) groups excluding carboxylic acids is 1. The van der Waals surface area contributed by atoms with Gasteiger partial charge in [0.05, 0.1) is 12.2 Å². The van der Waals surface area contributed by atoms with Crippen molar-refractivity contribution < 1.29 is 4.79 Å². The maximum Gasteiger partial charge on any atom is 0.239 e. The summed E-state index contributed by atoms with van der Waals surface area (Å²) in [5.74, 6) is 0.278. The van der Waals surface area contributed by atoms with Gasteiger partial charge < -0.3 is 10.2 Å². The van der Waals surface area contributed by atoms with Gasteiger partial charge in [0.1, 0.15) is 0 Å². The summed E-state index contributed by atoms with van der Waals surface area (Å²) in [6.07, 6.45) is 7.88. The van der Waals surface area contributed by atoms with Crippen LogP contribution in [0.4, 0.5) is 0 Å². The van der Waals surface area contributed by atoms with Crippen molar-refractivity contribution in [2.45, 2.75) is 44.3 Å². The summed E-state index contributed by atoms with van der Waals surface area (Å²) in [6.45, 7) is 2.53. The van der Waals surface area contributed by atoms with Crippen molar-refractivity contribution >= 4 is 5.91 Å². The molecular formula is C12H19N5O. The van der Waals surface area contributed by atoms with E-state index in [4.69, 9.17) is 0 Å². The highest BCUT2D eigenvalue weighted by Crippen LogP contribution is 2.22. The second kappa shape index (κ2) is 5.06. The number of hydrogen-bond acceptors (Lipinski definition) is 4. The lowest BCUT2D eigenvalue weighted by Gasteiger charge is -2.16. The molecule has 2 aliphatic rings. The van der Waals surface area contributed by atoms with Crippen molar-refractivity contribution in [2.75, 3.05) is 13.1 Å². The molecule has 6 heteroatoms. The summed E-state index contributed by atoms with van der Waals surface area (Å²) in [4.78, 5) is 14.1. The SMILES string of the molecule is O=C1C(NC2CC2)CCN1CCCn1ccnn1. The lowest BCUT2D eigenvalue weighted by atomic mass is 10.2. The number of rotatable bonds is 6. The highest BCUT2D eigenvalue weighted by molar-refractivity contribution is 5.84. The van der Waals surface area contributed by atoms with Gasteiger partial charge in [-0.15, -0.1) is 5.10 Å². The fourth-order valence-corrected chi connectivity index (χ4v) is 2.43. The maximum atomic E-state index is 12.1. The van der Waals surface area contributed by atoms with Crippen LogP contribution in [0.25, 0.3) is 0 Å². The number of nitrogens with one attached hydrogen (secondary N) is 1. The van der Waals surface area contributed by atoms with E-state index >= 15 is 0 Å². The zero-order chi connectivity index (χ0) is 12.4. The second-order valence-corrected chi connectivity index (χ2v) is 5.13. The molecule has 6 nitrogen and oxygen atoms in total.